The maximum atomic E-state index is 5.64. The van der Waals surface area contributed by atoms with E-state index in [0.29, 0.717) is 17.5 Å². The van der Waals surface area contributed by atoms with Gasteiger partial charge in [0.15, 0.2) is 17.5 Å². The molecule has 338 valence electrons. The van der Waals surface area contributed by atoms with Crippen LogP contribution in [-0.2, 0) is 0 Å². The van der Waals surface area contributed by atoms with Crippen molar-refractivity contribution < 1.29 is 0 Å². The van der Waals surface area contributed by atoms with Crippen LogP contribution in [0.1, 0.15) is 0 Å². The number of hydrogen-bond donors (Lipinski definition) is 0. The number of benzene rings is 10. The first-order chi connectivity index (χ1) is 35.7. The first-order valence-electron chi connectivity index (χ1n) is 24.3. The molecule has 0 aliphatic heterocycles. The van der Waals surface area contributed by atoms with Crippen LogP contribution in [0.4, 0.5) is 0 Å². The molecule has 0 aliphatic rings. The molecule has 12 aromatic rings. The molecule has 0 spiro atoms. The normalized spacial score (nSPS) is 11.1. The van der Waals surface area contributed by atoms with Gasteiger partial charge in [0, 0.05) is 44.5 Å². The smallest absolute Gasteiger partial charge is 0.164 e. The van der Waals surface area contributed by atoms with Crippen molar-refractivity contribution in [2.45, 2.75) is 0 Å². The van der Waals surface area contributed by atoms with Crippen LogP contribution >= 0.6 is 0 Å². The van der Waals surface area contributed by atoms with Gasteiger partial charge in [-0.15, -0.1) is 0 Å². The summed E-state index contributed by atoms with van der Waals surface area (Å²) in [6, 6.07) is 97.8. The van der Waals surface area contributed by atoms with Crippen molar-refractivity contribution in [1.29, 1.82) is 0 Å². The molecule has 0 saturated heterocycles. The monoisotopic (exact) mass is 918 g/mol. The standard InChI is InChI=1S/C68H46N4/c1-7-20-47(21-8-1)49-34-40-56(41-35-49)66-70-67(57-42-36-50(37-43-57)48-22-9-2-10-23-48)72-68(71-66)58-44-38-51(39-45-58)59-32-19-33-60(46-59)61-62(52-24-11-3-12-25-52)64(54-28-15-5-16-29-54)69-65(55-30-17-6-18-31-55)63(61)53-26-13-4-14-27-53/h1-46H. The van der Waals surface area contributed by atoms with Crippen LogP contribution in [0, 0.1) is 0 Å². The molecule has 2 heterocycles. The van der Waals surface area contributed by atoms with Crippen molar-refractivity contribution in [3.8, 4) is 123 Å². The van der Waals surface area contributed by atoms with Gasteiger partial charge in [-0.1, -0.05) is 273 Å². The summed E-state index contributed by atoms with van der Waals surface area (Å²) < 4.78 is 0. The van der Waals surface area contributed by atoms with Gasteiger partial charge >= 0.3 is 0 Å². The number of aromatic nitrogens is 4. The van der Waals surface area contributed by atoms with Crippen molar-refractivity contribution >= 4 is 0 Å². The summed E-state index contributed by atoms with van der Waals surface area (Å²) in [5.41, 5.74) is 20.0. The molecule has 2 aromatic heterocycles. The van der Waals surface area contributed by atoms with Crippen LogP contribution in [0.5, 0.6) is 0 Å². The molecular formula is C68H46N4. The van der Waals surface area contributed by atoms with E-state index in [1.54, 1.807) is 0 Å². The van der Waals surface area contributed by atoms with Gasteiger partial charge < -0.3 is 0 Å². The second kappa shape index (κ2) is 19.8. The van der Waals surface area contributed by atoms with Gasteiger partial charge in [-0.25, -0.2) is 19.9 Å². The Morgan fingerprint density at radius 1 is 0.153 bits per heavy atom. The highest BCUT2D eigenvalue weighted by molar-refractivity contribution is 6.05. The minimum atomic E-state index is 0.605. The molecule has 0 atom stereocenters. The molecule has 0 N–H and O–H groups in total. The highest BCUT2D eigenvalue weighted by Crippen LogP contribution is 2.49. The third-order valence-electron chi connectivity index (χ3n) is 13.2. The lowest BCUT2D eigenvalue weighted by atomic mass is 9.83. The Morgan fingerprint density at radius 3 is 0.750 bits per heavy atom. The molecule has 10 aromatic carbocycles. The van der Waals surface area contributed by atoms with E-state index >= 15 is 0 Å². The fraction of sp³-hybridized carbons (Fsp3) is 0. The van der Waals surface area contributed by atoms with Gasteiger partial charge in [0.25, 0.3) is 0 Å². The molecule has 0 fully saturated rings. The van der Waals surface area contributed by atoms with E-state index in [-0.39, 0.29) is 0 Å². The Balaban J connectivity index is 0.981. The molecule has 0 aliphatic carbocycles. The largest absolute Gasteiger partial charge is 0.246 e. The van der Waals surface area contributed by atoms with Crippen molar-refractivity contribution in [1.82, 2.24) is 19.9 Å². The van der Waals surface area contributed by atoms with Crippen molar-refractivity contribution in [3.05, 3.63) is 279 Å². The van der Waals surface area contributed by atoms with Gasteiger partial charge in [-0.3, -0.25) is 0 Å². The highest BCUT2D eigenvalue weighted by atomic mass is 15.0. The summed E-state index contributed by atoms with van der Waals surface area (Å²) in [4.78, 5) is 21.0. The number of nitrogens with zero attached hydrogens (tertiary/aromatic N) is 4. The third-order valence-corrected chi connectivity index (χ3v) is 13.2. The van der Waals surface area contributed by atoms with Crippen LogP contribution in [0.15, 0.2) is 279 Å². The molecule has 0 radical (unpaired) electrons. The van der Waals surface area contributed by atoms with E-state index in [4.69, 9.17) is 19.9 Å². The Kier molecular flexibility index (Phi) is 12.0. The van der Waals surface area contributed by atoms with Crippen molar-refractivity contribution in [2.75, 3.05) is 0 Å². The molecule has 4 nitrogen and oxygen atoms in total. The zero-order valence-electron chi connectivity index (χ0n) is 39.3. The first-order valence-corrected chi connectivity index (χ1v) is 24.3. The number of hydrogen-bond acceptors (Lipinski definition) is 4. The summed E-state index contributed by atoms with van der Waals surface area (Å²) in [5, 5.41) is 0. The van der Waals surface area contributed by atoms with Gasteiger partial charge in [0.1, 0.15) is 0 Å². The Bertz CT molecular complexity index is 3570. The number of pyridine rings is 1. The van der Waals surface area contributed by atoms with E-state index < -0.39 is 0 Å². The van der Waals surface area contributed by atoms with E-state index in [1.807, 2.05) is 12.1 Å². The summed E-state index contributed by atoms with van der Waals surface area (Å²) >= 11 is 0. The predicted molar refractivity (Wildman–Crippen MR) is 297 cm³/mol. The van der Waals surface area contributed by atoms with Crippen LogP contribution in [0.2, 0.25) is 0 Å². The van der Waals surface area contributed by atoms with E-state index in [0.717, 1.165) is 106 Å². The summed E-state index contributed by atoms with van der Waals surface area (Å²) in [5.74, 6) is 1.83. The average Bonchev–Trinajstić information content (AvgIpc) is 3.48. The molecule has 0 saturated carbocycles. The second-order valence-corrected chi connectivity index (χ2v) is 17.7. The van der Waals surface area contributed by atoms with Gasteiger partial charge in [0.2, 0.25) is 0 Å². The average molecular weight is 919 g/mol. The predicted octanol–water partition coefficient (Wildman–Crippen LogP) is 17.6. The lowest BCUT2D eigenvalue weighted by Gasteiger charge is -2.23. The SMILES string of the molecule is c1ccc(-c2ccc(-c3nc(-c4ccc(-c5ccccc5)cc4)nc(-c4ccc(-c5cccc(-c6c(-c7ccccc7)c(-c7ccccc7)nc(-c7ccccc7)c6-c6ccccc6)c5)cc4)n3)cc2)cc1. The zero-order chi connectivity index (χ0) is 48.1. The molecule has 72 heavy (non-hydrogen) atoms. The Hall–Kier alpha value is -9.64. The van der Waals surface area contributed by atoms with Gasteiger partial charge in [-0.05, 0) is 56.1 Å². The van der Waals surface area contributed by atoms with Crippen LogP contribution < -0.4 is 0 Å². The van der Waals surface area contributed by atoms with Crippen molar-refractivity contribution in [3.63, 3.8) is 0 Å². The second-order valence-electron chi connectivity index (χ2n) is 17.7. The van der Waals surface area contributed by atoms with Crippen LogP contribution in [0.3, 0.4) is 0 Å². The van der Waals surface area contributed by atoms with E-state index in [9.17, 15) is 0 Å². The minimum absolute atomic E-state index is 0.605. The fourth-order valence-electron chi connectivity index (χ4n) is 9.57. The molecule has 0 bridgehead atoms. The number of rotatable bonds is 11. The lowest BCUT2D eigenvalue weighted by molar-refractivity contribution is 1.07. The maximum Gasteiger partial charge on any atom is 0.164 e. The maximum absolute atomic E-state index is 5.64. The highest BCUT2D eigenvalue weighted by Gasteiger charge is 2.25. The molecular weight excluding hydrogens is 873 g/mol. The summed E-state index contributed by atoms with van der Waals surface area (Å²) in [6.45, 7) is 0. The summed E-state index contributed by atoms with van der Waals surface area (Å²) in [6.07, 6.45) is 0. The molecule has 12 rings (SSSR count). The fourth-order valence-corrected chi connectivity index (χ4v) is 9.57. The third kappa shape index (κ3) is 8.93. The van der Waals surface area contributed by atoms with Gasteiger partial charge in [0.05, 0.1) is 11.4 Å². The van der Waals surface area contributed by atoms with Crippen LogP contribution in [-0.4, -0.2) is 19.9 Å². The van der Waals surface area contributed by atoms with Crippen molar-refractivity contribution in [2.24, 2.45) is 0 Å². The van der Waals surface area contributed by atoms with E-state index in [2.05, 4.69) is 267 Å². The minimum Gasteiger partial charge on any atom is -0.246 e. The Morgan fingerprint density at radius 2 is 0.403 bits per heavy atom. The van der Waals surface area contributed by atoms with Gasteiger partial charge in [-0.2, -0.15) is 0 Å². The van der Waals surface area contributed by atoms with E-state index in [1.165, 1.54) is 0 Å². The molecule has 0 amide bonds. The molecule has 4 heteroatoms. The Labute approximate surface area is 420 Å². The first kappa shape index (κ1) is 43.6. The lowest BCUT2D eigenvalue weighted by Crippen LogP contribution is -2.01. The topological polar surface area (TPSA) is 51.6 Å². The zero-order valence-corrected chi connectivity index (χ0v) is 39.3. The quantitative estimate of drug-likeness (QED) is 0.130. The summed E-state index contributed by atoms with van der Waals surface area (Å²) in [7, 11) is 0. The molecule has 0 unspecified atom stereocenters. The van der Waals surface area contributed by atoms with Crippen LogP contribution in [0.25, 0.3) is 123 Å².